The monoisotopic (exact) mass is 474 g/mol. The van der Waals surface area contributed by atoms with E-state index in [-0.39, 0.29) is 12.1 Å². The van der Waals surface area contributed by atoms with E-state index in [4.69, 9.17) is 16.6 Å². The number of hydrogen-bond donors (Lipinski definition) is 2. The van der Waals surface area contributed by atoms with Crippen molar-refractivity contribution in [3.8, 4) is 0 Å². The molecule has 0 bridgehead atoms. The lowest BCUT2D eigenvalue weighted by atomic mass is 9.81. The quantitative estimate of drug-likeness (QED) is 0.560. The lowest BCUT2D eigenvalue weighted by molar-refractivity contribution is 0.367. The Morgan fingerprint density at radius 1 is 1.22 bits per heavy atom. The standard InChI is InChI=1S/C22H27ClN6O2S/c1-13-9-18-17(11-29(13)19-10-20(23)27-22-16(19)7-8-24-22)21(26-12-25-18)14-3-5-15(6-4-14)28-32(2,30)31/h7-8,10,12-15,28H,3-6,9,11H2,1-2H3,(H,24,27)/t13-,14?,15?/m1/s1. The average molecular weight is 475 g/mol. The van der Waals surface area contributed by atoms with Crippen molar-refractivity contribution in [1.82, 2.24) is 24.7 Å². The Hall–Kier alpha value is -2.23. The fourth-order valence-electron chi connectivity index (χ4n) is 5.22. The molecule has 1 atom stereocenters. The van der Waals surface area contributed by atoms with Crippen LogP contribution in [0.15, 0.2) is 24.7 Å². The number of rotatable bonds is 4. The number of nitrogens with zero attached hydrogens (tertiary/aromatic N) is 4. The number of hydrogen-bond acceptors (Lipinski definition) is 6. The summed E-state index contributed by atoms with van der Waals surface area (Å²) in [5.74, 6) is 0.313. The zero-order chi connectivity index (χ0) is 22.5. The molecule has 0 saturated heterocycles. The molecule has 0 unspecified atom stereocenters. The van der Waals surface area contributed by atoms with E-state index in [0.717, 1.165) is 66.8 Å². The third-order valence-corrected chi connectivity index (χ3v) is 7.65. The molecule has 1 saturated carbocycles. The van der Waals surface area contributed by atoms with Crippen LogP contribution in [0, 0.1) is 0 Å². The van der Waals surface area contributed by atoms with Crippen molar-refractivity contribution in [2.75, 3.05) is 11.2 Å². The molecule has 0 amide bonds. The average Bonchev–Trinajstić information content (AvgIpc) is 3.20. The minimum atomic E-state index is -3.18. The smallest absolute Gasteiger partial charge is 0.208 e. The lowest BCUT2D eigenvalue weighted by Gasteiger charge is -2.38. The van der Waals surface area contributed by atoms with Gasteiger partial charge in [-0.3, -0.25) is 0 Å². The summed E-state index contributed by atoms with van der Waals surface area (Å²) in [5.41, 5.74) is 5.26. The number of nitrogens with one attached hydrogen (secondary N) is 2. The van der Waals surface area contributed by atoms with Crippen molar-refractivity contribution in [1.29, 1.82) is 0 Å². The first-order chi connectivity index (χ1) is 15.3. The molecule has 0 aromatic carbocycles. The van der Waals surface area contributed by atoms with Crippen LogP contribution in [0.5, 0.6) is 0 Å². The Labute approximate surface area is 192 Å². The molecule has 0 spiro atoms. The predicted octanol–water partition coefficient (Wildman–Crippen LogP) is 3.53. The summed E-state index contributed by atoms with van der Waals surface area (Å²) >= 11 is 6.33. The van der Waals surface area contributed by atoms with Crippen LogP contribution in [0.3, 0.4) is 0 Å². The highest BCUT2D eigenvalue weighted by atomic mass is 35.5. The Kier molecular flexibility index (Phi) is 5.59. The number of fused-ring (bicyclic) bond motifs is 2. The summed E-state index contributed by atoms with van der Waals surface area (Å²) in [7, 11) is -3.18. The number of aromatic amines is 1. The molecule has 0 radical (unpaired) electrons. The van der Waals surface area contributed by atoms with Crippen LogP contribution in [0.25, 0.3) is 11.0 Å². The molecule has 8 nitrogen and oxygen atoms in total. The Bertz CT molecular complexity index is 1250. The summed E-state index contributed by atoms with van der Waals surface area (Å²) in [6.07, 6.45) is 9.10. The van der Waals surface area contributed by atoms with Crippen LogP contribution in [-0.2, 0) is 23.0 Å². The van der Waals surface area contributed by atoms with E-state index in [9.17, 15) is 8.42 Å². The predicted molar refractivity (Wildman–Crippen MR) is 125 cm³/mol. The van der Waals surface area contributed by atoms with Crippen molar-refractivity contribution in [3.63, 3.8) is 0 Å². The van der Waals surface area contributed by atoms with E-state index in [1.807, 2.05) is 18.3 Å². The topological polar surface area (TPSA) is 104 Å². The molecule has 3 aromatic heterocycles. The second-order valence-electron chi connectivity index (χ2n) is 9.01. The molecule has 1 aliphatic heterocycles. The number of pyridine rings is 1. The van der Waals surface area contributed by atoms with E-state index in [1.54, 1.807) is 6.33 Å². The Balaban J connectivity index is 1.44. The maximum atomic E-state index is 11.6. The van der Waals surface area contributed by atoms with Gasteiger partial charge in [0.15, 0.2) is 0 Å². The van der Waals surface area contributed by atoms with Gasteiger partial charge >= 0.3 is 0 Å². The van der Waals surface area contributed by atoms with Crippen molar-refractivity contribution >= 4 is 38.3 Å². The third-order valence-electron chi connectivity index (χ3n) is 6.70. The van der Waals surface area contributed by atoms with Gasteiger partial charge in [0, 0.05) is 48.1 Å². The fourth-order valence-corrected chi connectivity index (χ4v) is 6.25. The normalized spacial score (nSPS) is 24.0. The van der Waals surface area contributed by atoms with Gasteiger partial charge in [-0.2, -0.15) is 0 Å². The van der Waals surface area contributed by atoms with Gasteiger partial charge in [0.25, 0.3) is 0 Å². The fraction of sp³-hybridized carbons (Fsp3) is 0.500. The van der Waals surface area contributed by atoms with E-state index < -0.39 is 10.0 Å². The molecule has 1 fully saturated rings. The highest BCUT2D eigenvalue weighted by Gasteiger charge is 2.32. The maximum Gasteiger partial charge on any atom is 0.208 e. The molecule has 32 heavy (non-hydrogen) atoms. The first-order valence-corrected chi connectivity index (χ1v) is 13.3. The van der Waals surface area contributed by atoms with Gasteiger partial charge in [0.2, 0.25) is 10.0 Å². The first kappa shape index (κ1) is 21.6. The van der Waals surface area contributed by atoms with Crippen molar-refractivity contribution in [2.45, 2.75) is 63.6 Å². The number of halogens is 1. The van der Waals surface area contributed by atoms with Gasteiger partial charge in [0.1, 0.15) is 17.1 Å². The van der Waals surface area contributed by atoms with E-state index in [1.165, 1.54) is 11.8 Å². The second kappa shape index (κ2) is 8.28. The van der Waals surface area contributed by atoms with Crippen LogP contribution in [-0.4, -0.2) is 46.7 Å². The molecule has 5 rings (SSSR count). The molecule has 3 aromatic rings. The van der Waals surface area contributed by atoms with Crippen molar-refractivity contribution in [3.05, 3.63) is 46.8 Å². The summed E-state index contributed by atoms with van der Waals surface area (Å²) in [6.45, 7) is 2.93. The van der Waals surface area contributed by atoms with Crippen LogP contribution < -0.4 is 9.62 Å². The Morgan fingerprint density at radius 3 is 2.75 bits per heavy atom. The summed E-state index contributed by atoms with van der Waals surface area (Å²) in [5, 5.41) is 1.52. The number of sulfonamides is 1. The zero-order valence-electron chi connectivity index (χ0n) is 18.2. The third kappa shape index (κ3) is 4.21. The zero-order valence-corrected chi connectivity index (χ0v) is 19.7. The van der Waals surface area contributed by atoms with Crippen LogP contribution in [0.1, 0.15) is 55.5 Å². The molecular weight excluding hydrogens is 448 g/mol. The van der Waals surface area contributed by atoms with Crippen molar-refractivity contribution < 1.29 is 8.42 Å². The van der Waals surface area contributed by atoms with E-state index >= 15 is 0 Å². The molecule has 2 N–H and O–H groups in total. The molecule has 4 heterocycles. The minimum Gasteiger partial charge on any atom is -0.363 e. The number of aromatic nitrogens is 4. The molecule has 170 valence electrons. The SMILES string of the molecule is C[C@@H]1Cc2ncnc(C3CCC(NS(C)(=O)=O)CC3)c2CN1c1cc(Cl)nc2[nH]ccc12. The Morgan fingerprint density at radius 2 is 2.00 bits per heavy atom. The summed E-state index contributed by atoms with van der Waals surface area (Å²) in [6, 6.07) is 4.24. The van der Waals surface area contributed by atoms with Crippen molar-refractivity contribution in [2.24, 2.45) is 0 Å². The van der Waals surface area contributed by atoms with Gasteiger partial charge in [-0.05, 0) is 44.7 Å². The molecule has 2 aliphatic rings. The molecule has 10 heteroatoms. The first-order valence-electron chi connectivity index (χ1n) is 11.0. The van der Waals surface area contributed by atoms with Crippen LogP contribution in [0.4, 0.5) is 5.69 Å². The van der Waals surface area contributed by atoms with E-state index in [0.29, 0.717) is 11.1 Å². The van der Waals surface area contributed by atoms with Crippen LogP contribution >= 0.6 is 11.6 Å². The lowest BCUT2D eigenvalue weighted by Crippen LogP contribution is -2.40. The maximum absolute atomic E-state index is 11.6. The number of H-pyrrole nitrogens is 1. The van der Waals surface area contributed by atoms with Gasteiger partial charge in [0.05, 0.1) is 23.3 Å². The highest BCUT2D eigenvalue weighted by Crippen LogP contribution is 2.39. The summed E-state index contributed by atoms with van der Waals surface area (Å²) in [4.78, 5) is 19.3. The largest absolute Gasteiger partial charge is 0.363 e. The van der Waals surface area contributed by atoms with Crippen LogP contribution in [0.2, 0.25) is 5.15 Å². The molecular formula is C22H27ClN6O2S. The highest BCUT2D eigenvalue weighted by molar-refractivity contribution is 7.88. The van der Waals surface area contributed by atoms with Gasteiger partial charge in [-0.25, -0.2) is 28.1 Å². The van der Waals surface area contributed by atoms with Gasteiger partial charge in [-0.1, -0.05) is 11.6 Å². The van der Waals surface area contributed by atoms with Gasteiger partial charge in [-0.15, -0.1) is 0 Å². The van der Waals surface area contributed by atoms with Gasteiger partial charge < -0.3 is 9.88 Å². The number of anilines is 1. The van der Waals surface area contributed by atoms with E-state index in [2.05, 4.69) is 31.5 Å². The minimum absolute atomic E-state index is 0.0104. The molecule has 1 aliphatic carbocycles. The summed E-state index contributed by atoms with van der Waals surface area (Å²) < 4.78 is 25.9. The second-order valence-corrected chi connectivity index (χ2v) is 11.2.